The van der Waals surface area contributed by atoms with Crippen LogP contribution in [0.5, 0.6) is 0 Å². The van der Waals surface area contributed by atoms with Crippen molar-refractivity contribution in [2.75, 3.05) is 49.9 Å². The van der Waals surface area contributed by atoms with Gasteiger partial charge in [0, 0.05) is 12.8 Å². The predicted octanol–water partition coefficient (Wildman–Crippen LogP) is 0.279. The molecule has 2 atom stereocenters. The molecule has 12 heteroatoms. The van der Waals surface area contributed by atoms with Crippen LogP contribution >= 0.6 is 31.9 Å². The Bertz CT molecular complexity index is 688. The van der Waals surface area contributed by atoms with Gasteiger partial charge in [-0.2, -0.15) is 0 Å². The highest BCUT2D eigenvalue weighted by molar-refractivity contribution is 9.09. The monoisotopic (exact) mass is 556 g/mol. The van der Waals surface area contributed by atoms with Gasteiger partial charge in [-0.15, -0.1) is 0 Å². The van der Waals surface area contributed by atoms with Crippen molar-refractivity contribution < 1.29 is 48.6 Å². The van der Waals surface area contributed by atoms with E-state index in [0.29, 0.717) is 45.8 Å². The zero-order valence-electron chi connectivity index (χ0n) is 16.3. The van der Waals surface area contributed by atoms with Gasteiger partial charge in [-0.25, -0.2) is 0 Å². The molecule has 0 aromatic rings. The maximum atomic E-state index is 11.9. The lowest BCUT2D eigenvalue weighted by Crippen LogP contribution is -2.70. The van der Waals surface area contributed by atoms with Gasteiger partial charge in [0.25, 0.3) is 0 Å². The summed E-state index contributed by atoms with van der Waals surface area (Å²) in [6.07, 6.45) is 0.0535. The minimum absolute atomic E-state index is 0.0179. The molecule has 0 aromatic heterocycles. The number of carboxylic acid groups (broad SMARTS) is 4. The van der Waals surface area contributed by atoms with Gasteiger partial charge in [0.15, 0.2) is 0 Å². The molecule has 3 heterocycles. The molecule has 0 aliphatic carbocycles. The van der Waals surface area contributed by atoms with Gasteiger partial charge in [0.05, 0.1) is 10.7 Å². The van der Waals surface area contributed by atoms with Crippen molar-refractivity contribution in [3.8, 4) is 0 Å². The molecule has 168 valence electrons. The fourth-order valence-electron chi connectivity index (χ4n) is 5.93. The Labute approximate surface area is 189 Å². The van der Waals surface area contributed by atoms with Crippen LogP contribution in [-0.4, -0.2) is 115 Å². The number of alkyl halides is 2. The fourth-order valence-corrected chi connectivity index (χ4v) is 7.61. The van der Waals surface area contributed by atoms with E-state index in [4.69, 9.17) is 0 Å². The molecule has 3 aliphatic rings. The number of piperazine rings is 1. The molecular weight excluding hydrogens is 532 g/mol. The lowest BCUT2D eigenvalue weighted by atomic mass is 9.86. The van der Waals surface area contributed by atoms with Crippen LogP contribution in [0.15, 0.2) is 0 Å². The molecule has 3 aliphatic heterocycles. The van der Waals surface area contributed by atoms with Crippen molar-refractivity contribution >= 4 is 55.7 Å². The molecule has 0 saturated carbocycles. The maximum Gasteiger partial charge on any atom is 0.327 e. The molecule has 0 aromatic carbocycles. The minimum Gasteiger partial charge on any atom is -0.480 e. The number of rotatable bonds is 6. The van der Waals surface area contributed by atoms with E-state index in [9.17, 15) is 39.6 Å². The lowest BCUT2D eigenvalue weighted by molar-refractivity contribution is -1.04. The summed E-state index contributed by atoms with van der Waals surface area (Å²) in [6, 6.07) is -0.377. The second-order valence-electron chi connectivity index (χ2n) is 9.06. The molecule has 30 heavy (non-hydrogen) atoms. The van der Waals surface area contributed by atoms with E-state index in [1.54, 1.807) is 0 Å². The van der Waals surface area contributed by atoms with E-state index < -0.39 is 34.7 Å². The van der Waals surface area contributed by atoms with E-state index >= 15 is 0 Å². The third-order valence-corrected chi connectivity index (χ3v) is 9.36. The Balaban J connectivity index is 1.90. The molecule has 3 saturated heterocycles. The van der Waals surface area contributed by atoms with Crippen LogP contribution in [0.4, 0.5) is 0 Å². The Hall–Kier alpha value is -1.24. The molecule has 3 fully saturated rings. The normalized spacial score (nSPS) is 36.7. The quantitative estimate of drug-likeness (QED) is 0.207. The Morgan fingerprint density at radius 1 is 0.667 bits per heavy atom. The topological polar surface area (TPSA) is 149 Å². The van der Waals surface area contributed by atoms with Crippen molar-refractivity contribution in [3.63, 3.8) is 0 Å². The molecule has 2 spiro atoms. The summed E-state index contributed by atoms with van der Waals surface area (Å²) < 4.78 is 0.679. The van der Waals surface area contributed by atoms with Gasteiger partial charge >= 0.3 is 23.9 Å². The summed E-state index contributed by atoms with van der Waals surface area (Å²) in [5.74, 6) is -5.33. The molecular formula is C18H26Br2N2O8+2. The minimum atomic E-state index is -1.84. The van der Waals surface area contributed by atoms with E-state index in [-0.39, 0.29) is 38.0 Å². The number of carboxylic acids is 4. The van der Waals surface area contributed by atoms with Crippen molar-refractivity contribution in [2.45, 2.75) is 24.9 Å². The summed E-state index contributed by atoms with van der Waals surface area (Å²) >= 11 is 6.85. The smallest absolute Gasteiger partial charge is 0.327 e. The Morgan fingerprint density at radius 3 is 1.13 bits per heavy atom. The number of hydrogen-bond acceptors (Lipinski definition) is 4. The number of hydrogen-bond donors (Lipinski definition) is 4. The van der Waals surface area contributed by atoms with E-state index in [1.165, 1.54) is 0 Å². The number of aliphatic carboxylic acids is 4. The molecule has 0 bridgehead atoms. The Kier molecular flexibility index (Phi) is 6.02. The van der Waals surface area contributed by atoms with Crippen molar-refractivity contribution in [2.24, 2.45) is 10.8 Å². The van der Waals surface area contributed by atoms with Gasteiger partial charge in [-0.05, 0) is 0 Å². The van der Waals surface area contributed by atoms with Crippen LogP contribution in [0, 0.1) is 10.8 Å². The molecule has 10 nitrogen and oxygen atoms in total. The van der Waals surface area contributed by atoms with Crippen LogP contribution < -0.4 is 0 Å². The van der Waals surface area contributed by atoms with Crippen LogP contribution in [0.1, 0.15) is 12.8 Å². The van der Waals surface area contributed by atoms with Crippen molar-refractivity contribution in [1.82, 2.24) is 0 Å². The molecule has 3 rings (SSSR count). The number of halogens is 2. The maximum absolute atomic E-state index is 11.9. The Morgan fingerprint density at radius 2 is 0.933 bits per heavy atom. The summed E-state index contributed by atoms with van der Waals surface area (Å²) in [6.45, 7) is 1.90. The fraction of sp³-hybridized carbons (Fsp3) is 0.778. The molecule has 0 amide bonds. The van der Waals surface area contributed by atoms with E-state index in [1.807, 2.05) is 0 Å². The van der Waals surface area contributed by atoms with E-state index in [0.717, 1.165) is 0 Å². The molecule has 4 N–H and O–H groups in total. The van der Waals surface area contributed by atoms with Crippen molar-refractivity contribution in [3.05, 3.63) is 0 Å². The first-order valence-corrected chi connectivity index (χ1v) is 11.9. The van der Waals surface area contributed by atoms with Gasteiger partial charge in [-0.3, -0.25) is 19.2 Å². The van der Waals surface area contributed by atoms with Gasteiger partial charge < -0.3 is 29.4 Å². The third-order valence-electron chi connectivity index (χ3n) is 7.86. The van der Waals surface area contributed by atoms with Crippen LogP contribution in [0.25, 0.3) is 0 Å². The molecule has 0 radical (unpaired) electrons. The van der Waals surface area contributed by atoms with Gasteiger partial charge in [-0.1, -0.05) is 31.9 Å². The van der Waals surface area contributed by atoms with E-state index in [2.05, 4.69) is 31.9 Å². The number of carbonyl (C=O) groups is 4. The third kappa shape index (κ3) is 3.18. The second kappa shape index (κ2) is 7.72. The first-order chi connectivity index (χ1) is 13.9. The second-order valence-corrected chi connectivity index (χ2v) is 10.4. The first-order valence-electron chi connectivity index (χ1n) is 9.71. The average Bonchev–Trinajstić information content (AvgIpc) is 3.19. The van der Waals surface area contributed by atoms with Crippen LogP contribution in [-0.2, 0) is 19.2 Å². The summed E-state index contributed by atoms with van der Waals surface area (Å²) in [7, 11) is 0. The molecule has 2 unspecified atom stereocenters. The van der Waals surface area contributed by atoms with Crippen LogP contribution in [0.3, 0.4) is 0 Å². The standard InChI is InChI=1S/C18H24Br2N2O8/c19-7-11-5-17(13(23)24,14(25)26)9-21(11)1-2-22(4-3-21)10-18(15(27)28,16(29)30)6-12(22)8-20/h11-12H,1-10H2,(H2-2,23,24,25,26,27,28,29,30)/p+2. The highest BCUT2D eigenvalue weighted by Gasteiger charge is 2.69. The largest absolute Gasteiger partial charge is 0.480 e. The predicted molar refractivity (Wildman–Crippen MR) is 110 cm³/mol. The van der Waals surface area contributed by atoms with Crippen molar-refractivity contribution in [1.29, 1.82) is 0 Å². The van der Waals surface area contributed by atoms with Gasteiger partial charge in [0.1, 0.15) is 51.4 Å². The highest BCUT2D eigenvalue weighted by Crippen LogP contribution is 2.47. The zero-order chi connectivity index (χ0) is 22.5. The summed E-state index contributed by atoms with van der Waals surface area (Å²) in [5.41, 5.74) is -3.68. The summed E-state index contributed by atoms with van der Waals surface area (Å²) in [5, 5.41) is 39.7. The lowest BCUT2D eigenvalue weighted by Gasteiger charge is -2.51. The van der Waals surface area contributed by atoms with Crippen LogP contribution in [0.2, 0.25) is 0 Å². The first kappa shape index (κ1) is 23.4. The highest BCUT2D eigenvalue weighted by atomic mass is 79.9. The van der Waals surface area contributed by atoms with Gasteiger partial charge in [0.2, 0.25) is 10.8 Å². The average molecular weight is 558 g/mol. The number of quaternary nitrogens is 2. The SMILES string of the molecule is O=C(O)C1(C(=O)O)CC(CBr)[N+]2(CC[N+]3(CC2)CC(C(=O)O)(C(=O)O)CC3CBr)C1. The summed E-state index contributed by atoms with van der Waals surface area (Å²) in [4.78, 5) is 47.6. The zero-order valence-corrected chi connectivity index (χ0v) is 19.5. The number of nitrogens with zero attached hydrogens (tertiary/aromatic N) is 2.